The first-order chi connectivity index (χ1) is 9.58. The summed E-state index contributed by atoms with van der Waals surface area (Å²) >= 11 is 0. The van der Waals surface area contributed by atoms with Gasteiger partial charge in [0.15, 0.2) is 0 Å². The standard InChI is InChI=1S/C16H25N3O/c1-13-11-18(12-15-7-4-3-5-8-15)9-6-10-19(13)16(20)14(2)17/h3-5,7-8,13-14H,6,9-12,17H2,1-2H3. The van der Waals surface area contributed by atoms with Gasteiger partial charge >= 0.3 is 0 Å². The molecule has 1 aliphatic heterocycles. The topological polar surface area (TPSA) is 49.6 Å². The molecule has 0 saturated carbocycles. The van der Waals surface area contributed by atoms with Crippen molar-refractivity contribution < 1.29 is 4.79 Å². The number of nitrogens with zero attached hydrogens (tertiary/aromatic N) is 2. The maximum Gasteiger partial charge on any atom is 0.239 e. The molecule has 20 heavy (non-hydrogen) atoms. The first-order valence-electron chi connectivity index (χ1n) is 7.40. The Morgan fingerprint density at radius 3 is 2.70 bits per heavy atom. The fraction of sp³-hybridized carbons (Fsp3) is 0.562. The molecule has 0 bridgehead atoms. The van der Waals surface area contributed by atoms with Crippen molar-refractivity contribution in [2.24, 2.45) is 5.73 Å². The number of amides is 1. The Hall–Kier alpha value is -1.39. The average molecular weight is 275 g/mol. The van der Waals surface area contributed by atoms with E-state index < -0.39 is 6.04 Å². The minimum absolute atomic E-state index is 0.0686. The first kappa shape index (κ1) is 15.0. The smallest absolute Gasteiger partial charge is 0.239 e. The number of nitrogens with two attached hydrogens (primary N) is 1. The van der Waals surface area contributed by atoms with Gasteiger partial charge in [-0.2, -0.15) is 0 Å². The highest BCUT2D eigenvalue weighted by molar-refractivity contribution is 5.81. The summed E-state index contributed by atoms with van der Waals surface area (Å²) in [5.41, 5.74) is 7.06. The van der Waals surface area contributed by atoms with E-state index in [2.05, 4.69) is 36.1 Å². The van der Waals surface area contributed by atoms with Crippen molar-refractivity contribution in [2.45, 2.75) is 38.9 Å². The quantitative estimate of drug-likeness (QED) is 0.908. The minimum Gasteiger partial charge on any atom is -0.337 e. The van der Waals surface area contributed by atoms with Crippen LogP contribution >= 0.6 is 0 Å². The summed E-state index contributed by atoms with van der Waals surface area (Å²) in [7, 11) is 0. The summed E-state index contributed by atoms with van der Waals surface area (Å²) in [6, 6.07) is 10.3. The molecule has 2 N–H and O–H groups in total. The lowest BCUT2D eigenvalue weighted by Gasteiger charge is -2.30. The average Bonchev–Trinajstić information content (AvgIpc) is 2.60. The Labute approximate surface area is 121 Å². The number of hydrogen-bond acceptors (Lipinski definition) is 3. The molecule has 2 rings (SSSR count). The summed E-state index contributed by atoms with van der Waals surface area (Å²) in [5, 5.41) is 0. The lowest BCUT2D eigenvalue weighted by molar-refractivity contribution is -0.134. The van der Waals surface area contributed by atoms with Crippen molar-refractivity contribution in [3.63, 3.8) is 0 Å². The zero-order valence-electron chi connectivity index (χ0n) is 12.5. The Bertz CT molecular complexity index is 433. The van der Waals surface area contributed by atoms with Crippen molar-refractivity contribution in [1.82, 2.24) is 9.80 Å². The van der Waals surface area contributed by atoms with Gasteiger partial charge in [-0.05, 0) is 25.8 Å². The second-order valence-corrected chi connectivity index (χ2v) is 5.74. The van der Waals surface area contributed by atoms with Crippen LogP contribution in [0.1, 0.15) is 25.8 Å². The molecular weight excluding hydrogens is 250 g/mol. The Morgan fingerprint density at radius 2 is 2.05 bits per heavy atom. The van der Waals surface area contributed by atoms with Crippen LogP contribution in [0.5, 0.6) is 0 Å². The van der Waals surface area contributed by atoms with E-state index in [1.54, 1.807) is 6.92 Å². The molecule has 1 amide bonds. The van der Waals surface area contributed by atoms with Gasteiger partial charge in [-0.25, -0.2) is 0 Å². The molecule has 0 spiro atoms. The van der Waals surface area contributed by atoms with Crippen LogP contribution in [0, 0.1) is 0 Å². The van der Waals surface area contributed by atoms with E-state index in [0.29, 0.717) is 0 Å². The van der Waals surface area contributed by atoms with Crippen molar-refractivity contribution in [2.75, 3.05) is 19.6 Å². The molecule has 0 aromatic heterocycles. The molecule has 4 nitrogen and oxygen atoms in total. The molecule has 1 fully saturated rings. The normalized spacial score (nSPS) is 22.4. The molecule has 1 heterocycles. The summed E-state index contributed by atoms with van der Waals surface area (Å²) in [6.07, 6.45) is 1.01. The third-order valence-electron chi connectivity index (χ3n) is 3.85. The SMILES string of the molecule is CC(N)C(=O)N1CCCN(Cc2ccccc2)CC1C. The van der Waals surface area contributed by atoms with Crippen molar-refractivity contribution in [3.05, 3.63) is 35.9 Å². The molecule has 1 aromatic carbocycles. The predicted octanol–water partition coefficient (Wildman–Crippen LogP) is 1.46. The van der Waals surface area contributed by atoms with Crippen LogP contribution in [0.15, 0.2) is 30.3 Å². The summed E-state index contributed by atoms with van der Waals surface area (Å²) in [6.45, 7) is 7.58. The lowest BCUT2D eigenvalue weighted by Crippen LogP contribution is -2.48. The van der Waals surface area contributed by atoms with Crippen LogP contribution in [-0.4, -0.2) is 47.4 Å². The Morgan fingerprint density at radius 1 is 1.35 bits per heavy atom. The summed E-state index contributed by atoms with van der Waals surface area (Å²) < 4.78 is 0. The molecule has 0 radical (unpaired) electrons. The minimum atomic E-state index is -0.405. The maximum atomic E-state index is 12.1. The van der Waals surface area contributed by atoms with Gasteiger partial charge in [-0.3, -0.25) is 9.69 Å². The molecule has 1 aliphatic rings. The maximum absolute atomic E-state index is 12.1. The van der Waals surface area contributed by atoms with Crippen LogP contribution in [-0.2, 0) is 11.3 Å². The fourth-order valence-corrected chi connectivity index (χ4v) is 2.82. The van der Waals surface area contributed by atoms with Crippen LogP contribution in [0.3, 0.4) is 0 Å². The number of benzene rings is 1. The van der Waals surface area contributed by atoms with Gasteiger partial charge < -0.3 is 10.6 Å². The Balaban J connectivity index is 1.98. The molecular formula is C16H25N3O. The molecule has 0 aliphatic carbocycles. The van der Waals surface area contributed by atoms with E-state index in [-0.39, 0.29) is 11.9 Å². The van der Waals surface area contributed by atoms with E-state index in [4.69, 9.17) is 5.73 Å². The molecule has 1 aromatic rings. The number of rotatable bonds is 3. The third-order valence-corrected chi connectivity index (χ3v) is 3.85. The highest BCUT2D eigenvalue weighted by Crippen LogP contribution is 2.14. The zero-order valence-corrected chi connectivity index (χ0v) is 12.5. The molecule has 110 valence electrons. The molecule has 2 unspecified atom stereocenters. The van der Waals surface area contributed by atoms with Gasteiger partial charge in [0.25, 0.3) is 0 Å². The van der Waals surface area contributed by atoms with Gasteiger partial charge in [0.2, 0.25) is 5.91 Å². The van der Waals surface area contributed by atoms with Gasteiger partial charge in [-0.15, -0.1) is 0 Å². The van der Waals surface area contributed by atoms with Crippen LogP contribution < -0.4 is 5.73 Å². The van der Waals surface area contributed by atoms with Gasteiger partial charge in [-0.1, -0.05) is 30.3 Å². The summed E-state index contributed by atoms with van der Waals surface area (Å²) in [4.78, 5) is 16.5. The third kappa shape index (κ3) is 3.81. The van der Waals surface area contributed by atoms with Crippen molar-refractivity contribution >= 4 is 5.91 Å². The van der Waals surface area contributed by atoms with Crippen LogP contribution in [0.2, 0.25) is 0 Å². The largest absolute Gasteiger partial charge is 0.337 e. The second-order valence-electron chi connectivity index (χ2n) is 5.74. The monoisotopic (exact) mass is 275 g/mol. The number of carbonyl (C=O) groups is 1. The van der Waals surface area contributed by atoms with Crippen molar-refractivity contribution in [1.29, 1.82) is 0 Å². The van der Waals surface area contributed by atoms with Gasteiger partial charge in [0, 0.05) is 32.2 Å². The Kier molecular flexibility index (Phi) is 5.15. The van der Waals surface area contributed by atoms with Crippen LogP contribution in [0.4, 0.5) is 0 Å². The fourth-order valence-electron chi connectivity index (χ4n) is 2.82. The highest BCUT2D eigenvalue weighted by Gasteiger charge is 2.26. The number of carbonyl (C=O) groups excluding carboxylic acids is 1. The molecule has 4 heteroatoms. The van der Waals surface area contributed by atoms with E-state index >= 15 is 0 Å². The van der Waals surface area contributed by atoms with E-state index in [1.165, 1.54) is 5.56 Å². The number of hydrogen-bond donors (Lipinski definition) is 1. The predicted molar refractivity (Wildman–Crippen MR) is 81.2 cm³/mol. The van der Waals surface area contributed by atoms with E-state index in [1.807, 2.05) is 11.0 Å². The highest BCUT2D eigenvalue weighted by atomic mass is 16.2. The van der Waals surface area contributed by atoms with Gasteiger partial charge in [0.05, 0.1) is 6.04 Å². The van der Waals surface area contributed by atoms with E-state index in [9.17, 15) is 4.79 Å². The van der Waals surface area contributed by atoms with Crippen molar-refractivity contribution in [3.8, 4) is 0 Å². The first-order valence-corrected chi connectivity index (χ1v) is 7.40. The molecule has 2 atom stereocenters. The second kappa shape index (κ2) is 6.86. The van der Waals surface area contributed by atoms with E-state index in [0.717, 1.165) is 32.6 Å². The lowest BCUT2D eigenvalue weighted by atomic mass is 10.2. The summed E-state index contributed by atoms with van der Waals surface area (Å²) in [5.74, 6) is 0.0686. The molecule has 1 saturated heterocycles. The van der Waals surface area contributed by atoms with Crippen LogP contribution in [0.25, 0.3) is 0 Å². The van der Waals surface area contributed by atoms with Gasteiger partial charge in [0.1, 0.15) is 0 Å². The zero-order chi connectivity index (χ0) is 14.5.